The third-order valence-electron chi connectivity index (χ3n) is 7.90. The number of urea groups is 1. The monoisotopic (exact) mass is 438 g/mol. The van der Waals surface area contributed by atoms with Crippen LogP contribution in [0, 0.1) is 5.92 Å². The summed E-state index contributed by atoms with van der Waals surface area (Å²) in [5, 5.41) is 2.92. The molecule has 2 aliphatic carbocycles. The minimum atomic E-state index is -0.996. The molecule has 2 saturated heterocycles. The van der Waals surface area contributed by atoms with Gasteiger partial charge in [0.1, 0.15) is 12.1 Å². The normalized spacial score (nSPS) is 27.0. The molecule has 2 heterocycles. The summed E-state index contributed by atoms with van der Waals surface area (Å²) in [6.45, 7) is 4.22. The SMILES string of the molecule is O=C(CN1C(=O)NC2(CCc3ccccc32)C1=O)N1CCCN(CC2CCCCC2)CC1. The van der Waals surface area contributed by atoms with Crippen molar-refractivity contribution in [2.45, 2.75) is 56.9 Å². The maximum Gasteiger partial charge on any atom is 0.325 e. The Morgan fingerprint density at radius 3 is 2.66 bits per heavy atom. The molecule has 1 aromatic carbocycles. The van der Waals surface area contributed by atoms with E-state index in [9.17, 15) is 14.4 Å². The van der Waals surface area contributed by atoms with E-state index >= 15 is 0 Å². The van der Waals surface area contributed by atoms with E-state index in [1.165, 1.54) is 32.1 Å². The van der Waals surface area contributed by atoms with Crippen molar-refractivity contribution in [3.05, 3.63) is 35.4 Å². The van der Waals surface area contributed by atoms with Crippen LogP contribution < -0.4 is 5.32 Å². The zero-order valence-electron chi connectivity index (χ0n) is 18.9. The smallest absolute Gasteiger partial charge is 0.325 e. The van der Waals surface area contributed by atoms with E-state index in [-0.39, 0.29) is 18.4 Å². The number of amides is 4. The second-order valence-corrected chi connectivity index (χ2v) is 9.92. The average molecular weight is 439 g/mol. The first kappa shape index (κ1) is 21.4. The molecule has 7 nitrogen and oxygen atoms in total. The Morgan fingerprint density at radius 1 is 1.00 bits per heavy atom. The van der Waals surface area contributed by atoms with Gasteiger partial charge in [-0.05, 0) is 55.7 Å². The molecule has 0 aromatic heterocycles. The summed E-state index contributed by atoms with van der Waals surface area (Å²) in [5.41, 5.74) is 0.977. The highest BCUT2D eigenvalue weighted by Gasteiger charge is 2.55. The summed E-state index contributed by atoms with van der Waals surface area (Å²) in [5.74, 6) is 0.383. The molecular formula is C25H34N4O3. The fourth-order valence-electron chi connectivity index (χ4n) is 6.11. The third kappa shape index (κ3) is 3.91. The number of fused-ring (bicyclic) bond motifs is 2. The van der Waals surface area contributed by atoms with Crippen molar-refractivity contribution in [1.82, 2.24) is 20.0 Å². The highest BCUT2D eigenvalue weighted by atomic mass is 16.2. The third-order valence-corrected chi connectivity index (χ3v) is 7.90. The first-order chi connectivity index (χ1) is 15.6. The van der Waals surface area contributed by atoms with Crippen molar-refractivity contribution in [3.63, 3.8) is 0 Å². The van der Waals surface area contributed by atoms with E-state index in [1.807, 2.05) is 29.2 Å². The second-order valence-electron chi connectivity index (χ2n) is 9.92. The van der Waals surface area contributed by atoms with Gasteiger partial charge in [0.25, 0.3) is 5.91 Å². The van der Waals surface area contributed by atoms with E-state index in [0.717, 1.165) is 54.4 Å². The fourth-order valence-corrected chi connectivity index (χ4v) is 6.11. The lowest BCUT2D eigenvalue weighted by Gasteiger charge is -2.29. The number of aryl methyl sites for hydroxylation is 1. The molecule has 5 rings (SSSR count). The molecule has 1 atom stereocenters. The lowest BCUT2D eigenvalue weighted by atomic mass is 9.89. The Labute approximate surface area is 190 Å². The molecule has 2 aliphatic heterocycles. The molecular weight excluding hydrogens is 404 g/mol. The van der Waals surface area contributed by atoms with Crippen molar-refractivity contribution in [2.75, 3.05) is 39.3 Å². The van der Waals surface area contributed by atoms with Gasteiger partial charge in [0.15, 0.2) is 0 Å². The molecule has 1 N–H and O–H groups in total. The molecule has 1 saturated carbocycles. The highest BCUT2D eigenvalue weighted by Crippen LogP contribution is 2.41. The molecule has 1 unspecified atom stereocenters. The minimum absolute atomic E-state index is 0.128. The molecule has 4 aliphatic rings. The van der Waals surface area contributed by atoms with Crippen LogP contribution in [0.3, 0.4) is 0 Å². The Hall–Kier alpha value is -2.41. The van der Waals surface area contributed by atoms with Crippen LogP contribution >= 0.6 is 0 Å². The lowest BCUT2D eigenvalue weighted by Crippen LogP contribution is -2.45. The molecule has 1 aromatic rings. The number of carbonyl (C=O) groups excluding carboxylic acids is 3. The maximum atomic E-state index is 13.3. The minimum Gasteiger partial charge on any atom is -0.340 e. The summed E-state index contributed by atoms with van der Waals surface area (Å²) in [7, 11) is 0. The zero-order chi connectivity index (χ0) is 22.1. The molecule has 0 bridgehead atoms. The summed E-state index contributed by atoms with van der Waals surface area (Å²) in [6.07, 6.45) is 8.98. The summed E-state index contributed by atoms with van der Waals surface area (Å²) >= 11 is 0. The van der Waals surface area contributed by atoms with Gasteiger partial charge in [-0.15, -0.1) is 0 Å². The van der Waals surface area contributed by atoms with Crippen LogP contribution in [-0.2, 0) is 21.5 Å². The van der Waals surface area contributed by atoms with Gasteiger partial charge >= 0.3 is 6.03 Å². The quantitative estimate of drug-likeness (QED) is 0.733. The molecule has 0 radical (unpaired) electrons. The van der Waals surface area contributed by atoms with Crippen LogP contribution in [0.4, 0.5) is 4.79 Å². The number of rotatable bonds is 4. The highest BCUT2D eigenvalue weighted by molar-refractivity contribution is 6.09. The maximum absolute atomic E-state index is 13.3. The van der Waals surface area contributed by atoms with Crippen LogP contribution in [0.2, 0.25) is 0 Å². The number of nitrogens with zero attached hydrogens (tertiary/aromatic N) is 3. The Kier molecular flexibility index (Phi) is 5.93. The number of nitrogens with one attached hydrogen (secondary N) is 1. The Morgan fingerprint density at radius 2 is 1.81 bits per heavy atom. The predicted molar refractivity (Wildman–Crippen MR) is 121 cm³/mol. The first-order valence-electron chi connectivity index (χ1n) is 12.3. The van der Waals surface area contributed by atoms with Crippen molar-refractivity contribution >= 4 is 17.8 Å². The van der Waals surface area contributed by atoms with E-state index in [4.69, 9.17) is 0 Å². The predicted octanol–water partition coefficient (Wildman–Crippen LogP) is 2.49. The van der Waals surface area contributed by atoms with E-state index in [2.05, 4.69) is 10.2 Å². The number of hydrogen-bond donors (Lipinski definition) is 1. The topological polar surface area (TPSA) is 73.0 Å². The molecule has 172 valence electrons. The van der Waals surface area contributed by atoms with E-state index in [1.54, 1.807) is 0 Å². The number of imide groups is 1. The number of carbonyl (C=O) groups is 3. The number of benzene rings is 1. The standard InChI is InChI=1S/C25H34N4O3/c30-22(28-14-6-13-27(15-16-28)17-19-7-2-1-3-8-19)18-29-23(31)25(26-24(29)32)12-11-20-9-4-5-10-21(20)25/h4-5,9-10,19H,1-3,6-8,11-18H2,(H,26,32). The van der Waals surface area contributed by atoms with E-state index in [0.29, 0.717) is 19.5 Å². The van der Waals surface area contributed by atoms with Crippen LogP contribution in [0.5, 0.6) is 0 Å². The fraction of sp³-hybridized carbons (Fsp3) is 0.640. The summed E-state index contributed by atoms with van der Waals surface area (Å²) < 4.78 is 0. The molecule has 32 heavy (non-hydrogen) atoms. The Bertz CT molecular complexity index is 897. The zero-order valence-corrected chi connectivity index (χ0v) is 18.9. The lowest BCUT2D eigenvalue weighted by molar-refractivity contribution is -0.139. The first-order valence-corrected chi connectivity index (χ1v) is 12.3. The van der Waals surface area contributed by atoms with E-state index < -0.39 is 11.6 Å². The van der Waals surface area contributed by atoms with Gasteiger partial charge in [0, 0.05) is 26.2 Å². The van der Waals surface area contributed by atoms with Gasteiger partial charge in [-0.2, -0.15) is 0 Å². The van der Waals surface area contributed by atoms with Crippen LogP contribution in [-0.4, -0.2) is 71.8 Å². The van der Waals surface area contributed by atoms with Gasteiger partial charge in [0.05, 0.1) is 0 Å². The largest absolute Gasteiger partial charge is 0.340 e. The van der Waals surface area contributed by atoms with Crippen molar-refractivity contribution in [3.8, 4) is 0 Å². The second kappa shape index (κ2) is 8.85. The van der Waals surface area contributed by atoms with Gasteiger partial charge in [-0.1, -0.05) is 43.5 Å². The van der Waals surface area contributed by atoms with Gasteiger partial charge in [-0.25, -0.2) is 4.79 Å². The summed E-state index contributed by atoms with van der Waals surface area (Å²) in [6, 6.07) is 7.33. The van der Waals surface area contributed by atoms with Crippen molar-refractivity contribution in [2.24, 2.45) is 5.92 Å². The summed E-state index contributed by atoms with van der Waals surface area (Å²) in [4.78, 5) is 44.6. The average Bonchev–Trinajstić information content (AvgIpc) is 3.16. The van der Waals surface area contributed by atoms with Gasteiger partial charge < -0.3 is 15.1 Å². The molecule has 7 heteroatoms. The molecule has 1 spiro atoms. The number of hydrogen-bond acceptors (Lipinski definition) is 4. The van der Waals surface area contributed by atoms with Crippen molar-refractivity contribution < 1.29 is 14.4 Å². The van der Waals surface area contributed by atoms with Crippen LogP contribution in [0.25, 0.3) is 0 Å². The van der Waals surface area contributed by atoms with Crippen molar-refractivity contribution in [1.29, 1.82) is 0 Å². The van der Waals surface area contributed by atoms with Gasteiger partial charge in [-0.3, -0.25) is 14.5 Å². The molecule has 3 fully saturated rings. The van der Waals surface area contributed by atoms with Gasteiger partial charge in [0.2, 0.25) is 5.91 Å². The Balaban J connectivity index is 1.20. The van der Waals surface area contributed by atoms with Crippen LogP contribution in [0.15, 0.2) is 24.3 Å². The van der Waals surface area contributed by atoms with Crippen LogP contribution in [0.1, 0.15) is 56.1 Å². The molecule has 4 amide bonds.